The van der Waals surface area contributed by atoms with Crippen molar-refractivity contribution in [1.82, 2.24) is 4.31 Å². The zero-order valence-electron chi connectivity index (χ0n) is 13.4. The SMILES string of the molecule is COc1ccc(NC(N)=NCC2CN(S(C)(=O)=O)C2)cc1OC. The lowest BCUT2D eigenvalue weighted by atomic mass is 10.0. The molecule has 1 fully saturated rings. The Bertz CT molecular complexity index is 684. The van der Waals surface area contributed by atoms with Crippen LogP contribution in [0.1, 0.15) is 0 Å². The molecule has 0 amide bonds. The third-order valence-electron chi connectivity index (χ3n) is 3.57. The van der Waals surface area contributed by atoms with Gasteiger partial charge in [-0.15, -0.1) is 0 Å². The van der Waals surface area contributed by atoms with Gasteiger partial charge in [-0.25, -0.2) is 12.7 Å². The van der Waals surface area contributed by atoms with Gasteiger partial charge in [-0.1, -0.05) is 0 Å². The molecule has 0 unspecified atom stereocenters. The maximum atomic E-state index is 11.3. The molecule has 0 spiro atoms. The van der Waals surface area contributed by atoms with E-state index in [1.807, 2.05) is 0 Å². The Kier molecular flexibility index (Phi) is 5.32. The lowest BCUT2D eigenvalue weighted by molar-refractivity contribution is 0.209. The quantitative estimate of drug-likeness (QED) is 0.570. The fraction of sp³-hybridized carbons (Fsp3) is 0.500. The number of hydrogen-bond acceptors (Lipinski definition) is 5. The highest BCUT2D eigenvalue weighted by atomic mass is 32.2. The van der Waals surface area contributed by atoms with Crippen molar-refractivity contribution in [2.75, 3.05) is 45.4 Å². The van der Waals surface area contributed by atoms with Gasteiger partial charge in [-0.05, 0) is 12.1 Å². The smallest absolute Gasteiger partial charge is 0.211 e. The molecule has 0 aliphatic carbocycles. The second-order valence-electron chi connectivity index (χ2n) is 5.37. The second kappa shape index (κ2) is 7.05. The van der Waals surface area contributed by atoms with Gasteiger partial charge in [0.25, 0.3) is 0 Å². The molecular weight excluding hydrogens is 320 g/mol. The third-order valence-corrected chi connectivity index (χ3v) is 4.80. The van der Waals surface area contributed by atoms with Gasteiger partial charge in [0, 0.05) is 37.3 Å². The number of ether oxygens (including phenoxy) is 2. The molecule has 1 aromatic carbocycles. The number of benzene rings is 1. The zero-order valence-corrected chi connectivity index (χ0v) is 14.3. The average Bonchev–Trinajstić information content (AvgIpc) is 2.44. The minimum absolute atomic E-state index is 0.204. The Labute approximate surface area is 136 Å². The molecule has 1 aromatic rings. The second-order valence-corrected chi connectivity index (χ2v) is 7.35. The summed E-state index contributed by atoms with van der Waals surface area (Å²) < 4.78 is 34.4. The highest BCUT2D eigenvalue weighted by Gasteiger charge is 2.32. The van der Waals surface area contributed by atoms with Gasteiger partial charge in [0.2, 0.25) is 10.0 Å². The molecule has 1 aliphatic heterocycles. The maximum absolute atomic E-state index is 11.3. The molecule has 1 heterocycles. The number of nitrogens with two attached hydrogens (primary N) is 1. The lowest BCUT2D eigenvalue weighted by Crippen LogP contribution is -2.50. The number of rotatable bonds is 6. The molecule has 2 rings (SSSR count). The van der Waals surface area contributed by atoms with E-state index < -0.39 is 10.0 Å². The van der Waals surface area contributed by atoms with Crippen LogP contribution in [0.25, 0.3) is 0 Å². The van der Waals surface area contributed by atoms with Crippen LogP contribution in [0.4, 0.5) is 5.69 Å². The first-order chi connectivity index (χ1) is 10.8. The average molecular weight is 342 g/mol. The predicted molar refractivity (Wildman–Crippen MR) is 89.6 cm³/mol. The van der Waals surface area contributed by atoms with Crippen molar-refractivity contribution in [3.63, 3.8) is 0 Å². The Morgan fingerprint density at radius 3 is 2.57 bits per heavy atom. The van der Waals surface area contributed by atoms with Crippen molar-refractivity contribution in [2.24, 2.45) is 16.6 Å². The minimum atomic E-state index is -3.09. The van der Waals surface area contributed by atoms with Crippen LogP contribution in [0.2, 0.25) is 0 Å². The molecular formula is C14H22N4O4S. The van der Waals surface area contributed by atoms with Gasteiger partial charge in [-0.3, -0.25) is 4.99 Å². The first kappa shape index (κ1) is 17.4. The summed E-state index contributed by atoms with van der Waals surface area (Å²) >= 11 is 0. The Hall–Kier alpha value is -2.00. The number of nitrogens with zero attached hydrogens (tertiary/aromatic N) is 2. The van der Waals surface area contributed by atoms with Crippen molar-refractivity contribution >= 4 is 21.7 Å². The minimum Gasteiger partial charge on any atom is -0.493 e. The monoisotopic (exact) mass is 342 g/mol. The van der Waals surface area contributed by atoms with Crippen LogP contribution < -0.4 is 20.5 Å². The molecule has 0 aromatic heterocycles. The van der Waals surface area contributed by atoms with Crippen molar-refractivity contribution in [1.29, 1.82) is 0 Å². The molecule has 128 valence electrons. The maximum Gasteiger partial charge on any atom is 0.211 e. The molecule has 0 atom stereocenters. The van der Waals surface area contributed by atoms with Crippen molar-refractivity contribution in [2.45, 2.75) is 0 Å². The van der Waals surface area contributed by atoms with Crippen LogP contribution in [0, 0.1) is 5.92 Å². The topological polar surface area (TPSA) is 106 Å². The number of methoxy groups -OCH3 is 2. The summed E-state index contributed by atoms with van der Waals surface area (Å²) in [6, 6.07) is 5.33. The predicted octanol–water partition coefficient (Wildman–Crippen LogP) is 0.322. The number of aliphatic imine (C=N–C) groups is 1. The lowest BCUT2D eigenvalue weighted by Gasteiger charge is -2.36. The first-order valence-electron chi connectivity index (χ1n) is 7.07. The van der Waals surface area contributed by atoms with E-state index in [0.717, 1.165) is 5.69 Å². The molecule has 1 aliphatic rings. The summed E-state index contributed by atoms with van der Waals surface area (Å²) in [6.45, 7) is 1.47. The molecule has 23 heavy (non-hydrogen) atoms. The van der Waals surface area contributed by atoms with E-state index in [1.165, 1.54) is 10.6 Å². The standard InChI is InChI=1S/C14H22N4O4S/c1-21-12-5-4-11(6-13(12)22-2)17-14(15)16-7-10-8-18(9-10)23(3,19)20/h4-6,10H,7-9H2,1-3H3,(H3,15,16,17). The summed E-state index contributed by atoms with van der Waals surface area (Å²) in [7, 11) is 0.0392. The molecule has 3 N–H and O–H groups in total. The first-order valence-corrected chi connectivity index (χ1v) is 8.92. The van der Waals surface area contributed by atoms with Crippen molar-refractivity contribution < 1.29 is 17.9 Å². The van der Waals surface area contributed by atoms with Crippen LogP contribution in [-0.4, -0.2) is 58.8 Å². The number of sulfonamides is 1. The van der Waals surface area contributed by atoms with Crippen LogP contribution in [-0.2, 0) is 10.0 Å². The van der Waals surface area contributed by atoms with E-state index in [0.29, 0.717) is 31.1 Å². The van der Waals surface area contributed by atoms with Crippen LogP contribution in [0.3, 0.4) is 0 Å². The van der Waals surface area contributed by atoms with Crippen molar-refractivity contribution in [3.8, 4) is 11.5 Å². The van der Waals surface area contributed by atoms with Gasteiger partial charge in [-0.2, -0.15) is 0 Å². The number of nitrogens with one attached hydrogen (secondary N) is 1. The zero-order chi connectivity index (χ0) is 17.0. The number of hydrogen-bond donors (Lipinski definition) is 2. The fourth-order valence-electron chi connectivity index (χ4n) is 2.24. The van der Waals surface area contributed by atoms with Gasteiger partial charge in [0.1, 0.15) is 0 Å². The molecule has 9 heteroatoms. The molecule has 0 saturated carbocycles. The Morgan fingerprint density at radius 1 is 1.35 bits per heavy atom. The fourth-order valence-corrected chi connectivity index (χ4v) is 3.20. The summed E-state index contributed by atoms with van der Waals surface area (Å²) in [4.78, 5) is 4.25. The Balaban J connectivity index is 1.88. The van der Waals surface area contributed by atoms with E-state index in [9.17, 15) is 8.42 Å². The van der Waals surface area contributed by atoms with Crippen LogP contribution in [0.15, 0.2) is 23.2 Å². The molecule has 0 bridgehead atoms. The molecule has 8 nitrogen and oxygen atoms in total. The summed E-state index contributed by atoms with van der Waals surface area (Å²) in [5, 5.41) is 2.97. The van der Waals surface area contributed by atoms with E-state index in [4.69, 9.17) is 15.2 Å². The summed E-state index contributed by atoms with van der Waals surface area (Å²) in [5.74, 6) is 1.70. The molecule has 0 radical (unpaired) electrons. The largest absolute Gasteiger partial charge is 0.493 e. The third kappa shape index (κ3) is 4.49. The van der Waals surface area contributed by atoms with E-state index >= 15 is 0 Å². The van der Waals surface area contributed by atoms with Gasteiger partial charge in [0.05, 0.1) is 20.5 Å². The van der Waals surface area contributed by atoms with Gasteiger partial charge >= 0.3 is 0 Å². The highest BCUT2D eigenvalue weighted by Crippen LogP contribution is 2.29. The van der Waals surface area contributed by atoms with Gasteiger partial charge in [0.15, 0.2) is 17.5 Å². The van der Waals surface area contributed by atoms with E-state index in [-0.39, 0.29) is 11.9 Å². The van der Waals surface area contributed by atoms with E-state index in [2.05, 4.69) is 10.3 Å². The van der Waals surface area contributed by atoms with Crippen molar-refractivity contribution in [3.05, 3.63) is 18.2 Å². The van der Waals surface area contributed by atoms with Crippen LogP contribution >= 0.6 is 0 Å². The Morgan fingerprint density at radius 2 is 2.00 bits per heavy atom. The van der Waals surface area contributed by atoms with Gasteiger partial charge < -0.3 is 20.5 Å². The summed E-state index contributed by atoms with van der Waals surface area (Å²) in [6.07, 6.45) is 1.21. The number of anilines is 1. The summed E-state index contributed by atoms with van der Waals surface area (Å²) in [5.41, 5.74) is 6.58. The normalized spacial score (nSPS) is 16.7. The highest BCUT2D eigenvalue weighted by molar-refractivity contribution is 7.88. The van der Waals surface area contributed by atoms with E-state index in [1.54, 1.807) is 32.4 Å². The number of guanidine groups is 1. The molecule has 1 saturated heterocycles. The van der Waals surface area contributed by atoms with Crippen LogP contribution in [0.5, 0.6) is 11.5 Å².